The largest absolute Gasteiger partial charge is 0.481 e. The summed E-state index contributed by atoms with van der Waals surface area (Å²) in [7, 11) is 1.27. The normalized spacial score (nSPS) is 15.2. The van der Waals surface area contributed by atoms with Crippen molar-refractivity contribution in [2.24, 2.45) is 11.3 Å². The molecular weight excluding hydrogens is 172 g/mol. The first kappa shape index (κ1) is 11.9. The predicted molar refractivity (Wildman–Crippen MR) is 47.2 cm³/mol. The van der Waals surface area contributed by atoms with Gasteiger partial charge in [-0.25, -0.2) is 0 Å². The van der Waals surface area contributed by atoms with Gasteiger partial charge in [-0.05, 0) is 12.8 Å². The lowest BCUT2D eigenvalue weighted by Crippen LogP contribution is -2.36. The van der Waals surface area contributed by atoms with Crippen LogP contribution in [0, 0.1) is 11.3 Å². The SMILES string of the molecule is COC(=O)[C@](C)(CC(=O)O)C(C)C. The minimum Gasteiger partial charge on any atom is -0.481 e. The predicted octanol–water partition coefficient (Wildman–Crippen LogP) is 1.30. The van der Waals surface area contributed by atoms with Crippen molar-refractivity contribution in [3.63, 3.8) is 0 Å². The number of carbonyl (C=O) groups is 2. The summed E-state index contributed by atoms with van der Waals surface area (Å²) in [6, 6.07) is 0. The zero-order valence-electron chi connectivity index (χ0n) is 8.46. The maximum Gasteiger partial charge on any atom is 0.312 e. The molecule has 0 saturated carbocycles. The number of ether oxygens (including phenoxy) is 1. The summed E-state index contributed by atoms with van der Waals surface area (Å²) in [6.07, 6.45) is -0.197. The third kappa shape index (κ3) is 2.72. The van der Waals surface area contributed by atoms with Gasteiger partial charge in [-0.1, -0.05) is 13.8 Å². The van der Waals surface area contributed by atoms with Crippen LogP contribution in [0.5, 0.6) is 0 Å². The van der Waals surface area contributed by atoms with Crippen LogP contribution in [0.1, 0.15) is 27.2 Å². The van der Waals surface area contributed by atoms with E-state index in [0.717, 1.165) is 0 Å². The Morgan fingerprint density at radius 3 is 2.15 bits per heavy atom. The van der Waals surface area contributed by atoms with E-state index in [1.807, 2.05) is 0 Å². The Morgan fingerprint density at radius 2 is 1.92 bits per heavy atom. The molecule has 0 aliphatic heterocycles. The summed E-state index contributed by atoms with van der Waals surface area (Å²) in [5.74, 6) is -1.51. The fourth-order valence-electron chi connectivity index (χ4n) is 1.06. The van der Waals surface area contributed by atoms with Crippen molar-refractivity contribution in [2.75, 3.05) is 7.11 Å². The van der Waals surface area contributed by atoms with Gasteiger partial charge in [0.05, 0.1) is 18.9 Å². The summed E-state index contributed by atoms with van der Waals surface area (Å²) < 4.78 is 4.58. The molecule has 0 spiro atoms. The van der Waals surface area contributed by atoms with Crippen molar-refractivity contribution in [1.82, 2.24) is 0 Å². The molecule has 0 amide bonds. The molecule has 0 aliphatic carbocycles. The number of esters is 1. The summed E-state index contributed by atoms with van der Waals surface area (Å²) >= 11 is 0. The Morgan fingerprint density at radius 1 is 1.46 bits per heavy atom. The van der Waals surface area contributed by atoms with E-state index in [1.54, 1.807) is 20.8 Å². The smallest absolute Gasteiger partial charge is 0.312 e. The molecule has 0 unspecified atom stereocenters. The summed E-state index contributed by atoms with van der Waals surface area (Å²) in [5, 5.41) is 8.63. The highest BCUT2D eigenvalue weighted by molar-refractivity contribution is 5.82. The number of hydrogen-bond acceptors (Lipinski definition) is 3. The minimum atomic E-state index is -0.985. The van der Waals surface area contributed by atoms with Gasteiger partial charge in [0.2, 0.25) is 0 Å². The molecule has 0 fully saturated rings. The molecule has 0 aromatic carbocycles. The third-order valence-corrected chi connectivity index (χ3v) is 2.44. The van der Waals surface area contributed by atoms with Crippen LogP contribution in [0.15, 0.2) is 0 Å². The maximum atomic E-state index is 11.3. The number of carbonyl (C=O) groups excluding carboxylic acids is 1. The molecule has 4 nitrogen and oxygen atoms in total. The van der Waals surface area contributed by atoms with Crippen LogP contribution < -0.4 is 0 Å². The molecule has 76 valence electrons. The Hall–Kier alpha value is -1.06. The lowest BCUT2D eigenvalue weighted by molar-refractivity contribution is -0.160. The van der Waals surface area contributed by atoms with Gasteiger partial charge >= 0.3 is 11.9 Å². The Kier molecular flexibility index (Phi) is 3.91. The highest BCUT2D eigenvalue weighted by Gasteiger charge is 2.39. The second kappa shape index (κ2) is 4.25. The molecular formula is C9H16O4. The van der Waals surface area contributed by atoms with Crippen LogP contribution in [0.4, 0.5) is 0 Å². The summed E-state index contributed by atoms with van der Waals surface area (Å²) in [4.78, 5) is 21.9. The average molecular weight is 188 g/mol. The monoisotopic (exact) mass is 188 g/mol. The molecule has 0 heterocycles. The summed E-state index contributed by atoms with van der Waals surface area (Å²) in [6.45, 7) is 5.22. The third-order valence-electron chi connectivity index (χ3n) is 2.44. The Labute approximate surface area is 77.9 Å². The van der Waals surface area contributed by atoms with Crippen molar-refractivity contribution in [3.05, 3.63) is 0 Å². The van der Waals surface area contributed by atoms with E-state index in [-0.39, 0.29) is 12.3 Å². The molecule has 0 radical (unpaired) electrons. The topological polar surface area (TPSA) is 63.6 Å². The molecule has 0 saturated heterocycles. The van der Waals surface area contributed by atoms with Crippen LogP contribution in [0.25, 0.3) is 0 Å². The van der Waals surface area contributed by atoms with Crippen molar-refractivity contribution < 1.29 is 19.4 Å². The van der Waals surface area contributed by atoms with Crippen LogP contribution in [-0.2, 0) is 14.3 Å². The molecule has 0 aliphatic rings. The Bertz CT molecular complexity index is 210. The summed E-state index contributed by atoms with van der Waals surface area (Å²) in [5.41, 5.74) is -0.930. The molecule has 0 aromatic rings. The quantitative estimate of drug-likeness (QED) is 0.675. The van der Waals surface area contributed by atoms with E-state index in [1.165, 1.54) is 7.11 Å². The van der Waals surface area contributed by atoms with Crippen molar-refractivity contribution in [1.29, 1.82) is 0 Å². The fraction of sp³-hybridized carbons (Fsp3) is 0.778. The van der Waals surface area contributed by atoms with Gasteiger partial charge in [-0.2, -0.15) is 0 Å². The van der Waals surface area contributed by atoms with E-state index in [9.17, 15) is 9.59 Å². The molecule has 0 bridgehead atoms. The van der Waals surface area contributed by atoms with Gasteiger partial charge < -0.3 is 9.84 Å². The second-order valence-electron chi connectivity index (χ2n) is 3.63. The number of aliphatic carboxylic acids is 1. The highest BCUT2D eigenvalue weighted by Crippen LogP contribution is 2.32. The van der Waals surface area contributed by atoms with Gasteiger partial charge in [-0.3, -0.25) is 9.59 Å². The van der Waals surface area contributed by atoms with E-state index in [2.05, 4.69) is 4.74 Å². The van der Waals surface area contributed by atoms with E-state index in [4.69, 9.17) is 5.11 Å². The zero-order chi connectivity index (χ0) is 10.6. The second-order valence-corrected chi connectivity index (χ2v) is 3.63. The van der Waals surface area contributed by atoms with Crippen LogP contribution in [-0.4, -0.2) is 24.2 Å². The van der Waals surface area contributed by atoms with Crippen LogP contribution in [0.2, 0.25) is 0 Å². The van der Waals surface area contributed by atoms with E-state index >= 15 is 0 Å². The number of carboxylic acids is 1. The van der Waals surface area contributed by atoms with E-state index < -0.39 is 17.4 Å². The number of methoxy groups -OCH3 is 1. The first-order valence-electron chi connectivity index (χ1n) is 4.14. The first-order chi connectivity index (χ1) is 5.84. The number of hydrogen-bond donors (Lipinski definition) is 1. The van der Waals surface area contributed by atoms with E-state index in [0.29, 0.717) is 0 Å². The fourth-order valence-corrected chi connectivity index (χ4v) is 1.06. The average Bonchev–Trinajstić information content (AvgIpc) is 2.01. The van der Waals surface area contributed by atoms with Gasteiger partial charge in [0.1, 0.15) is 0 Å². The molecule has 1 N–H and O–H groups in total. The maximum absolute atomic E-state index is 11.3. The minimum absolute atomic E-state index is 0.0592. The standard InChI is InChI=1S/C9H16O4/c1-6(2)9(3,5-7(10)11)8(12)13-4/h6H,5H2,1-4H3,(H,10,11)/t9-/m1/s1. The van der Waals surface area contributed by atoms with Crippen molar-refractivity contribution in [3.8, 4) is 0 Å². The van der Waals surface area contributed by atoms with Crippen LogP contribution >= 0.6 is 0 Å². The van der Waals surface area contributed by atoms with Crippen molar-refractivity contribution in [2.45, 2.75) is 27.2 Å². The van der Waals surface area contributed by atoms with Crippen LogP contribution in [0.3, 0.4) is 0 Å². The van der Waals surface area contributed by atoms with Gasteiger partial charge in [0, 0.05) is 0 Å². The molecule has 13 heavy (non-hydrogen) atoms. The van der Waals surface area contributed by atoms with Crippen molar-refractivity contribution >= 4 is 11.9 Å². The molecule has 4 heteroatoms. The number of rotatable bonds is 4. The first-order valence-corrected chi connectivity index (χ1v) is 4.14. The van der Waals surface area contributed by atoms with Gasteiger partial charge in [0.25, 0.3) is 0 Å². The zero-order valence-corrected chi connectivity index (χ0v) is 8.46. The Balaban J connectivity index is 4.72. The lowest BCUT2D eigenvalue weighted by atomic mass is 9.76. The molecule has 0 aromatic heterocycles. The van der Waals surface area contributed by atoms with Gasteiger partial charge in [0.15, 0.2) is 0 Å². The lowest BCUT2D eigenvalue weighted by Gasteiger charge is -2.28. The molecule has 1 atom stereocenters. The number of carboxylic acid groups (broad SMARTS) is 1. The van der Waals surface area contributed by atoms with Gasteiger partial charge in [-0.15, -0.1) is 0 Å². The molecule has 0 rings (SSSR count). The highest BCUT2D eigenvalue weighted by atomic mass is 16.5.